The first-order chi connectivity index (χ1) is 9.26. The topological polar surface area (TPSA) is 77.4 Å². The van der Waals surface area contributed by atoms with Crippen LogP contribution in [-0.4, -0.2) is 47.4 Å². The molecule has 1 aromatic heterocycles. The summed E-state index contributed by atoms with van der Waals surface area (Å²) >= 11 is 0. The van der Waals surface area contributed by atoms with Crippen LogP contribution in [0.25, 0.3) is 0 Å². The van der Waals surface area contributed by atoms with Gasteiger partial charge in [0, 0.05) is 32.7 Å². The average Bonchev–Trinajstić information content (AvgIpc) is 2.87. The van der Waals surface area contributed by atoms with Gasteiger partial charge in [0.1, 0.15) is 0 Å². The zero-order valence-corrected chi connectivity index (χ0v) is 13.1. The SMILES string of the molecule is CCCc1nc(CN2CCC(OC)CC2CN)no1.Cl. The van der Waals surface area contributed by atoms with Crippen molar-refractivity contribution in [2.45, 2.75) is 51.3 Å². The minimum atomic E-state index is 0. The van der Waals surface area contributed by atoms with Crippen molar-refractivity contribution in [1.29, 1.82) is 0 Å². The first-order valence-corrected chi connectivity index (χ1v) is 7.05. The largest absolute Gasteiger partial charge is 0.381 e. The normalized spacial score (nSPS) is 23.6. The molecule has 2 N–H and O–H groups in total. The number of rotatable bonds is 6. The predicted molar refractivity (Wildman–Crippen MR) is 78.8 cm³/mol. The van der Waals surface area contributed by atoms with Crippen LogP contribution in [0, 0.1) is 0 Å². The van der Waals surface area contributed by atoms with E-state index in [-0.39, 0.29) is 12.4 Å². The number of likely N-dealkylation sites (tertiary alicyclic amines) is 1. The molecule has 0 amide bonds. The van der Waals surface area contributed by atoms with E-state index in [9.17, 15) is 0 Å². The van der Waals surface area contributed by atoms with E-state index in [4.69, 9.17) is 15.0 Å². The van der Waals surface area contributed by atoms with E-state index in [0.717, 1.165) is 43.9 Å². The molecule has 0 bridgehead atoms. The van der Waals surface area contributed by atoms with Gasteiger partial charge in [0.15, 0.2) is 5.82 Å². The van der Waals surface area contributed by atoms with Crippen LogP contribution in [0.1, 0.15) is 37.9 Å². The van der Waals surface area contributed by atoms with E-state index < -0.39 is 0 Å². The fraction of sp³-hybridized carbons (Fsp3) is 0.846. The molecule has 0 aromatic carbocycles. The number of methoxy groups -OCH3 is 1. The molecular weight excluding hydrogens is 280 g/mol. The third kappa shape index (κ3) is 4.41. The zero-order chi connectivity index (χ0) is 13.7. The van der Waals surface area contributed by atoms with Gasteiger partial charge in [-0.3, -0.25) is 4.90 Å². The third-order valence-corrected chi connectivity index (χ3v) is 3.71. The Kier molecular flexibility index (Phi) is 7.43. The summed E-state index contributed by atoms with van der Waals surface area (Å²) in [5, 5.41) is 4.04. The standard InChI is InChI=1S/C13H24N4O2.ClH/c1-3-4-13-15-12(16-19-13)9-17-6-5-11(18-2)7-10(17)8-14;/h10-11H,3-9,14H2,1-2H3;1H. The lowest BCUT2D eigenvalue weighted by molar-refractivity contribution is 0.00910. The summed E-state index contributed by atoms with van der Waals surface area (Å²) < 4.78 is 10.6. The average molecular weight is 305 g/mol. The van der Waals surface area contributed by atoms with Crippen LogP contribution in [-0.2, 0) is 17.7 Å². The first kappa shape index (κ1) is 17.4. The van der Waals surface area contributed by atoms with Crippen LogP contribution >= 0.6 is 12.4 Å². The van der Waals surface area contributed by atoms with Gasteiger partial charge in [0.05, 0.1) is 12.6 Å². The van der Waals surface area contributed by atoms with Crippen LogP contribution in [0.15, 0.2) is 4.52 Å². The number of hydrogen-bond donors (Lipinski definition) is 1. The summed E-state index contributed by atoms with van der Waals surface area (Å²) in [6, 6.07) is 0.340. The Hall–Kier alpha value is -0.690. The molecule has 1 aromatic rings. The number of nitrogens with zero attached hydrogens (tertiary/aromatic N) is 3. The van der Waals surface area contributed by atoms with Gasteiger partial charge in [-0.05, 0) is 19.3 Å². The number of halogens is 1. The van der Waals surface area contributed by atoms with Gasteiger partial charge in [-0.2, -0.15) is 4.98 Å². The molecule has 2 heterocycles. The van der Waals surface area contributed by atoms with E-state index >= 15 is 0 Å². The van der Waals surface area contributed by atoms with Gasteiger partial charge in [-0.15, -0.1) is 12.4 Å². The molecule has 2 unspecified atom stereocenters. The molecule has 2 rings (SSSR count). The lowest BCUT2D eigenvalue weighted by atomic mass is 9.99. The summed E-state index contributed by atoms with van der Waals surface area (Å²) in [5.74, 6) is 1.49. The minimum absolute atomic E-state index is 0. The van der Waals surface area contributed by atoms with Crippen molar-refractivity contribution in [3.63, 3.8) is 0 Å². The van der Waals surface area contributed by atoms with Crippen LogP contribution in [0.4, 0.5) is 0 Å². The Balaban J connectivity index is 0.00000200. The maximum atomic E-state index is 5.86. The summed E-state index contributed by atoms with van der Waals surface area (Å²) in [4.78, 5) is 6.74. The van der Waals surface area contributed by atoms with Crippen molar-refractivity contribution in [2.75, 3.05) is 20.2 Å². The summed E-state index contributed by atoms with van der Waals surface area (Å²) in [5.41, 5.74) is 5.86. The van der Waals surface area contributed by atoms with Crippen molar-refractivity contribution >= 4 is 12.4 Å². The molecule has 1 fully saturated rings. The van der Waals surface area contributed by atoms with Crippen LogP contribution in [0.3, 0.4) is 0 Å². The molecular formula is C13H25ClN4O2. The molecule has 1 aliphatic heterocycles. The van der Waals surface area contributed by atoms with Gasteiger partial charge in [0.2, 0.25) is 5.89 Å². The quantitative estimate of drug-likeness (QED) is 0.855. The highest BCUT2D eigenvalue weighted by atomic mass is 35.5. The van der Waals surface area contributed by atoms with Crippen LogP contribution < -0.4 is 5.73 Å². The Morgan fingerprint density at radius 3 is 2.95 bits per heavy atom. The number of piperidine rings is 1. The molecule has 0 aliphatic carbocycles. The number of ether oxygens (including phenoxy) is 1. The Labute approximate surface area is 126 Å². The highest BCUT2D eigenvalue weighted by molar-refractivity contribution is 5.85. The molecule has 7 heteroatoms. The Morgan fingerprint density at radius 1 is 1.50 bits per heavy atom. The van der Waals surface area contributed by atoms with E-state index in [0.29, 0.717) is 25.2 Å². The fourth-order valence-electron chi connectivity index (χ4n) is 2.58. The van der Waals surface area contributed by atoms with Crippen molar-refractivity contribution in [2.24, 2.45) is 5.73 Å². The summed E-state index contributed by atoms with van der Waals surface area (Å²) in [7, 11) is 1.77. The monoisotopic (exact) mass is 304 g/mol. The molecule has 1 saturated heterocycles. The smallest absolute Gasteiger partial charge is 0.226 e. The highest BCUT2D eigenvalue weighted by Gasteiger charge is 2.28. The molecule has 116 valence electrons. The van der Waals surface area contributed by atoms with E-state index in [1.165, 1.54) is 0 Å². The second-order valence-corrected chi connectivity index (χ2v) is 5.10. The van der Waals surface area contributed by atoms with Crippen molar-refractivity contribution in [3.05, 3.63) is 11.7 Å². The lowest BCUT2D eigenvalue weighted by Gasteiger charge is -2.37. The van der Waals surface area contributed by atoms with Crippen LogP contribution in [0.5, 0.6) is 0 Å². The maximum Gasteiger partial charge on any atom is 0.226 e. The van der Waals surface area contributed by atoms with Gasteiger partial charge in [0.25, 0.3) is 0 Å². The van der Waals surface area contributed by atoms with Crippen molar-refractivity contribution in [1.82, 2.24) is 15.0 Å². The van der Waals surface area contributed by atoms with Crippen molar-refractivity contribution < 1.29 is 9.26 Å². The number of nitrogens with two attached hydrogens (primary N) is 1. The van der Waals surface area contributed by atoms with Gasteiger partial charge in [-0.25, -0.2) is 0 Å². The van der Waals surface area contributed by atoms with Crippen molar-refractivity contribution in [3.8, 4) is 0 Å². The maximum absolute atomic E-state index is 5.86. The Bertz CT molecular complexity index is 388. The van der Waals surface area contributed by atoms with E-state index in [1.807, 2.05) is 0 Å². The second kappa shape index (κ2) is 8.56. The molecule has 20 heavy (non-hydrogen) atoms. The molecule has 0 saturated carbocycles. The zero-order valence-electron chi connectivity index (χ0n) is 12.2. The number of aryl methyl sites for hydroxylation is 1. The highest BCUT2D eigenvalue weighted by Crippen LogP contribution is 2.20. The second-order valence-electron chi connectivity index (χ2n) is 5.10. The summed E-state index contributed by atoms with van der Waals surface area (Å²) in [6.45, 7) is 4.42. The fourth-order valence-corrected chi connectivity index (χ4v) is 2.58. The van der Waals surface area contributed by atoms with E-state index in [2.05, 4.69) is 22.0 Å². The minimum Gasteiger partial charge on any atom is -0.381 e. The third-order valence-electron chi connectivity index (χ3n) is 3.71. The molecule has 0 spiro atoms. The van der Waals surface area contributed by atoms with Gasteiger partial charge < -0.3 is 15.0 Å². The Morgan fingerprint density at radius 2 is 2.30 bits per heavy atom. The molecule has 6 nitrogen and oxygen atoms in total. The summed E-state index contributed by atoms with van der Waals surface area (Å²) in [6.07, 6.45) is 4.20. The van der Waals surface area contributed by atoms with Crippen LogP contribution in [0.2, 0.25) is 0 Å². The molecule has 2 atom stereocenters. The number of aromatic nitrogens is 2. The first-order valence-electron chi connectivity index (χ1n) is 7.05. The molecule has 1 aliphatic rings. The molecule has 0 radical (unpaired) electrons. The number of hydrogen-bond acceptors (Lipinski definition) is 6. The van der Waals surface area contributed by atoms with E-state index in [1.54, 1.807) is 7.11 Å². The van der Waals surface area contributed by atoms with Gasteiger partial charge in [-0.1, -0.05) is 12.1 Å². The van der Waals surface area contributed by atoms with Gasteiger partial charge >= 0.3 is 0 Å². The predicted octanol–water partition coefficient (Wildman–Crippen LogP) is 1.38. The lowest BCUT2D eigenvalue weighted by Crippen LogP contribution is -2.48.